The maximum Gasteiger partial charge on any atom is 0.252 e. The predicted octanol–water partition coefficient (Wildman–Crippen LogP) is 2.84. The molecule has 0 saturated heterocycles. The fourth-order valence-corrected chi connectivity index (χ4v) is 2.81. The van der Waals surface area contributed by atoms with E-state index in [9.17, 15) is 4.79 Å². The Morgan fingerprint density at radius 1 is 1.07 bits per heavy atom. The molecular formula is C21H30IN5O. The summed E-state index contributed by atoms with van der Waals surface area (Å²) in [7, 11) is 0. The molecule has 1 aromatic carbocycles. The highest BCUT2D eigenvalue weighted by Gasteiger charge is 2.04. The number of rotatable bonds is 8. The molecule has 0 aliphatic rings. The largest absolute Gasteiger partial charge is 0.357 e. The lowest BCUT2D eigenvalue weighted by Crippen LogP contribution is -2.41. The fourth-order valence-electron chi connectivity index (χ4n) is 2.81. The molecule has 2 rings (SSSR count). The van der Waals surface area contributed by atoms with Crippen LogP contribution in [-0.2, 0) is 6.42 Å². The summed E-state index contributed by atoms with van der Waals surface area (Å²) in [5, 5.41) is 9.34. The van der Waals surface area contributed by atoms with E-state index in [2.05, 4.69) is 58.0 Å². The third-order valence-electron chi connectivity index (χ3n) is 3.92. The van der Waals surface area contributed by atoms with Crippen LogP contribution in [0.1, 0.15) is 34.0 Å². The van der Waals surface area contributed by atoms with Gasteiger partial charge in [0.1, 0.15) is 0 Å². The molecule has 7 heteroatoms. The SMILES string of the molecule is CCNC(=NCCc1cc(C)cc(C)c1)NCCNC(=O)c1cccnc1.I. The first-order chi connectivity index (χ1) is 13.1. The standard InChI is InChI=1S/C21H29N5O.HI/c1-4-23-21(25-9-7-18-13-16(2)12-17(3)14-18)26-11-10-24-20(27)19-6-5-8-22-15-19;/h5-6,8,12-15H,4,7,9-11H2,1-3H3,(H,24,27)(H2,23,25,26);1H. The van der Waals surface area contributed by atoms with Crippen molar-refractivity contribution in [2.75, 3.05) is 26.2 Å². The van der Waals surface area contributed by atoms with Gasteiger partial charge in [-0.15, -0.1) is 24.0 Å². The summed E-state index contributed by atoms with van der Waals surface area (Å²) >= 11 is 0. The van der Waals surface area contributed by atoms with Gasteiger partial charge in [-0.25, -0.2) is 0 Å². The number of nitrogens with zero attached hydrogens (tertiary/aromatic N) is 2. The molecule has 3 N–H and O–H groups in total. The number of guanidine groups is 1. The Kier molecular flexibility index (Phi) is 11.2. The molecule has 1 heterocycles. The first kappa shape index (κ1) is 23.9. The highest BCUT2D eigenvalue weighted by molar-refractivity contribution is 14.0. The molecule has 0 fully saturated rings. The number of hydrogen-bond acceptors (Lipinski definition) is 3. The topological polar surface area (TPSA) is 78.4 Å². The minimum Gasteiger partial charge on any atom is -0.357 e. The number of hydrogen-bond donors (Lipinski definition) is 3. The number of aliphatic imine (C=N–C) groups is 1. The van der Waals surface area contributed by atoms with Crippen LogP contribution in [-0.4, -0.2) is 43.0 Å². The van der Waals surface area contributed by atoms with Gasteiger partial charge < -0.3 is 16.0 Å². The minimum absolute atomic E-state index is 0. The van der Waals surface area contributed by atoms with Crippen LogP contribution in [0.25, 0.3) is 0 Å². The molecule has 0 spiro atoms. The summed E-state index contributed by atoms with van der Waals surface area (Å²) in [6.45, 7) is 8.87. The second-order valence-electron chi connectivity index (χ2n) is 6.43. The highest BCUT2D eigenvalue weighted by atomic mass is 127. The maximum atomic E-state index is 12.0. The van der Waals surface area contributed by atoms with Gasteiger partial charge in [0.25, 0.3) is 5.91 Å². The zero-order chi connectivity index (χ0) is 19.5. The summed E-state index contributed by atoms with van der Waals surface area (Å²) in [6, 6.07) is 10.1. The number of amides is 1. The van der Waals surface area contributed by atoms with Crippen molar-refractivity contribution in [2.45, 2.75) is 27.2 Å². The van der Waals surface area contributed by atoms with Crippen LogP contribution in [0.4, 0.5) is 0 Å². The van der Waals surface area contributed by atoms with Crippen LogP contribution in [0.15, 0.2) is 47.7 Å². The summed E-state index contributed by atoms with van der Waals surface area (Å²) in [4.78, 5) is 20.5. The lowest BCUT2D eigenvalue weighted by Gasteiger charge is -2.12. The normalized spacial score (nSPS) is 10.8. The van der Waals surface area contributed by atoms with Crippen molar-refractivity contribution in [3.8, 4) is 0 Å². The molecule has 0 aliphatic heterocycles. The summed E-state index contributed by atoms with van der Waals surface area (Å²) < 4.78 is 0. The molecule has 0 aliphatic carbocycles. The Morgan fingerprint density at radius 3 is 2.43 bits per heavy atom. The maximum absolute atomic E-state index is 12.0. The molecule has 28 heavy (non-hydrogen) atoms. The monoisotopic (exact) mass is 495 g/mol. The number of benzene rings is 1. The van der Waals surface area contributed by atoms with Gasteiger partial charge in [0.05, 0.1) is 5.56 Å². The molecule has 2 aromatic rings. The lowest BCUT2D eigenvalue weighted by molar-refractivity contribution is 0.0954. The molecule has 0 radical (unpaired) electrons. The van der Waals surface area contributed by atoms with Gasteiger partial charge in [-0.2, -0.15) is 0 Å². The van der Waals surface area contributed by atoms with Crippen LogP contribution >= 0.6 is 24.0 Å². The average Bonchev–Trinajstić information content (AvgIpc) is 2.65. The van der Waals surface area contributed by atoms with Crippen LogP contribution in [0.3, 0.4) is 0 Å². The Balaban J connectivity index is 0.00000392. The van der Waals surface area contributed by atoms with E-state index in [1.165, 1.54) is 16.7 Å². The lowest BCUT2D eigenvalue weighted by atomic mass is 10.1. The average molecular weight is 495 g/mol. The number of carbonyl (C=O) groups is 1. The first-order valence-corrected chi connectivity index (χ1v) is 9.36. The minimum atomic E-state index is -0.123. The van der Waals surface area contributed by atoms with Crippen molar-refractivity contribution in [1.82, 2.24) is 20.9 Å². The number of carbonyl (C=O) groups excluding carboxylic acids is 1. The van der Waals surface area contributed by atoms with E-state index in [0.717, 1.165) is 18.9 Å². The van der Waals surface area contributed by atoms with Crippen molar-refractivity contribution >= 4 is 35.8 Å². The Morgan fingerprint density at radius 2 is 1.79 bits per heavy atom. The van der Waals surface area contributed by atoms with Crippen molar-refractivity contribution < 1.29 is 4.79 Å². The van der Waals surface area contributed by atoms with E-state index < -0.39 is 0 Å². The molecular weight excluding hydrogens is 465 g/mol. The third kappa shape index (κ3) is 8.69. The predicted molar refractivity (Wildman–Crippen MR) is 126 cm³/mol. The van der Waals surface area contributed by atoms with E-state index in [0.29, 0.717) is 25.2 Å². The number of aryl methyl sites for hydroxylation is 2. The second kappa shape index (κ2) is 13.1. The third-order valence-corrected chi connectivity index (χ3v) is 3.92. The number of nitrogens with one attached hydrogen (secondary N) is 3. The molecule has 1 aromatic heterocycles. The van der Waals surface area contributed by atoms with E-state index >= 15 is 0 Å². The van der Waals surface area contributed by atoms with Gasteiger partial charge in [-0.1, -0.05) is 29.3 Å². The number of pyridine rings is 1. The van der Waals surface area contributed by atoms with E-state index in [1.807, 2.05) is 6.92 Å². The van der Waals surface area contributed by atoms with Gasteiger partial charge in [-0.3, -0.25) is 14.8 Å². The van der Waals surface area contributed by atoms with Crippen LogP contribution in [0.2, 0.25) is 0 Å². The van der Waals surface area contributed by atoms with E-state index in [-0.39, 0.29) is 29.9 Å². The summed E-state index contributed by atoms with van der Waals surface area (Å²) in [5.74, 6) is 0.638. The number of aromatic nitrogens is 1. The highest BCUT2D eigenvalue weighted by Crippen LogP contribution is 2.09. The summed E-state index contributed by atoms with van der Waals surface area (Å²) in [5.41, 5.74) is 4.43. The molecule has 6 nitrogen and oxygen atoms in total. The zero-order valence-corrected chi connectivity index (χ0v) is 19.1. The first-order valence-electron chi connectivity index (χ1n) is 9.36. The number of halogens is 1. The summed E-state index contributed by atoms with van der Waals surface area (Å²) in [6.07, 6.45) is 4.10. The molecule has 0 atom stereocenters. The Hall–Kier alpha value is -2.16. The van der Waals surface area contributed by atoms with Gasteiger partial charge in [0, 0.05) is 38.6 Å². The smallest absolute Gasteiger partial charge is 0.252 e. The van der Waals surface area contributed by atoms with Gasteiger partial charge in [-0.05, 0) is 44.9 Å². The van der Waals surface area contributed by atoms with Gasteiger partial charge >= 0.3 is 0 Å². The fraction of sp³-hybridized carbons (Fsp3) is 0.381. The molecule has 0 bridgehead atoms. The van der Waals surface area contributed by atoms with Gasteiger partial charge in [0.15, 0.2) is 5.96 Å². The van der Waals surface area contributed by atoms with Crippen molar-refractivity contribution in [3.63, 3.8) is 0 Å². The van der Waals surface area contributed by atoms with Crippen molar-refractivity contribution in [2.24, 2.45) is 4.99 Å². The van der Waals surface area contributed by atoms with Gasteiger partial charge in [0.2, 0.25) is 0 Å². The van der Waals surface area contributed by atoms with E-state index in [1.54, 1.807) is 24.5 Å². The quantitative estimate of drug-likeness (QED) is 0.228. The molecule has 0 saturated carbocycles. The van der Waals surface area contributed by atoms with Crippen LogP contribution in [0.5, 0.6) is 0 Å². The van der Waals surface area contributed by atoms with Crippen LogP contribution in [0, 0.1) is 13.8 Å². The Bertz CT molecular complexity index is 744. The molecule has 0 unspecified atom stereocenters. The van der Waals surface area contributed by atoms with Crippen molar-refractivity contribution in [1.29, 1.82) is 0 Å². The molecule has 152 valence electrons. The second-order valence-corrected chi connectivity index (χ2v) is 6.43. The molecule has 1 amide bonds. The Labute approximate surface area is 184 Å². The van der Waals surface area contributed by atoms with E-state index in [4.69, 9.17) is 0 Å². The van der Waals surface area contributed by atoms with Crippen molar-refractivity contribution in [3.05, 3.63) is 65.0 Å². The van der Waals surface area contributed by atoms with Crippen LogP contribution < -0.4 is 16.0 Å². The zero-order valence-electron chi connectivity index (χ0n) is 16.8.